The minimum atomic E-state index is -1.18. The van der Waals surface area contributed by atoms with E-state index in [1.165, 1.54) is 57.8 Å². The van der Waals surface area contributed by atoms with Gasteiger partial charge in [-0.25, -0.2) is 0 Å². The van der Waals surface area contributed by atoms with Crippen LogP contribution in [0.25, 0.3) is 0 Å². The number of hydrogen-bond acceptors (Lipinski definition) is 4. The average Bonchev–Trinajstić information content (AvgIpc) is 2.71. The Morgan fingerprint density at radius 3 is 2.07 bits per heavy atom. The molecule has 0 saturated carbocycles. The molecule has 0 unspecified atom stereocenters. The zero-order chi connectivity index (χ0) is 21.7. The fourth-order valence-electron chi connectivity index (χ4n) is 4.55. The van der Waals surface area contributed by atoms with Crippen molar-refractivity contribution in [1.82, 2.24) is 0 Å². The van der Waals surface area contributed by atoms with Crippen LogP contribution in [0.2, 0.25) is 0 Å². The molecule has 0 bridgehead atoms. The Morgan fingerprint density at radius 2 is 1.47 bits per heavy atom. The van der Waals surface area contributed by atoms with Crippen LogP contribution in [-0.4, -0.2) is 33.3 Å². The summed E-state index contributed by atoms with van der Waals surface area (Å²) in [5.74, 6) is -0.916. The van der Waals surface area contributed by atoms with Crippen LogP contribution in [-0.2, 0) is 11.2 Å². The van der Waals surface area contributed by atoms with Crippen LogP contribution >= 0.6 is 0 Å². The predicted octanol–water partition coefficient (Wildman–Crippen LogP) is 6.25. The lowest BCUT2D eigenvalue weighted by atomic mass is 9.91. The van der Waals surface area contributed by atoms with E-state index in [1.54, 1.807) is 12.1 Å². The van der Waals surface area contributed by atoms with Crippen molar-refractivity contribution in [2.45, 2.75) is 128 Å². The number of aliphatic hydroxyl groups excluding tert-OH is 1. The summed E-state index contributed by atoms with van der Waals surface area (Å²) >= 11 is 0. The van der Waals surface area contributed by atoms with E-state index in [9.17, 15) is 15.3 Å². The van der Waals surface area contributed by atoms with Gasteiger partial charge in [-0.1, -0.05) is 83.3 Å². The molecular formula is C26H44O4. The minimum Gasteiger partial charge on any atom is -0.508 e. The Labute approximate surface area is 183 Å². The van der Waals surface area contributed by atoms with Crippen LogP contribution in [0.5, 0.6) is 5.75 Å². The van der Waals surface area contributed by atoms with E-state index in [0.717, 1.165) is 31.2 Å². The summed E-state index contributed by atoms with van der Waals surface area (Å²) < 4.78 is 6.03. The Hall–Kier alpha value is -1.10. The van der Waals surface area contributed by atoms with Crippen LogP contribution in [0, 0.1) is 0 Å². The van der Waals surface area contributed by atoms with Crippen LogP contribution in [0.15, 0.2) is 24.3 Å². The van der Waals surface area contributed by atoms with Gasteiger partial charge in [0.15, 0.2) is 5.79 Å². The summed E-state index contributed by atoms with van der Waals surface area (Å²) in [5, 5.41) is 30.5. The number of unbranched alkanes of at least 4 members (excludes halogenated alkanes) is 10. The average molecular weight is 421 g/mol. The number of aromatic hydroxyl groups is 1. The van der Waals surface area contributed by atoms with Gasteiger partial charge >= 0.3 is 0 Å². The molecule has 4 heteroatoms. The molecule has 1 aromatic rings. The maximum atomic E-state index is 10.9. The lowest BCUT2D eigenvalue weighted by molar-refractivity contribution is -0.276. The predicted molar refractivity (Wildman–Crippen MR) is 123 cm³/mol. The summed E-state index contributed by atoms with van der Waals surface area (Å²) in [7, 11) is 0. The van der Waals surface area contributed by atoms with Crippen molar-refractivity contribution >= 4 is 0 Å². The third-order valence-corrected chi connectivity index (χ3v) is 6.34. The van der Waals surface area contributed by atoms with Crippen LogP contribution in [0.4, 0.5) is 0 Å². The monoisotopic (exact) mass is 420 g/mol. The molecule has 1 aliphatic rings. The molecule has 1 heterocycles. The Morgan fingerprint density at radius 1 is 0.900 bits per heavy atom. The summed E-state index contributed by atoms with van der Waals surface area (Å²) in [6.07, 6.45) is 16.5. The third-order valence-electron chi connectivity index (χ3n) is 6.34. The molecule has 0 radical (unpaired) electrons. The summed E-state index contributed by atoms with van der Waals surface area (Å²) in [5.41, 5.74) is 1.13. The Kier molecular flexibility index (Phi) is 11.8. The van der Waals surface area contributed by atoms with E-state index in [4.69, 9.17) is 4.74 Å². The lowest BCUT2D eigenvalue weighted by Gasteiger charge is -2.40. The van der Waals surface area contributed by atoms with Crippen molar-refractivity contribution in [3.05, 3.63) is 29.8 Å². The number of aryl methyl sites for hydroxylation is 1. The van der Waals surface area contributed by atoms with Gasteiger partial charge in [-0.05, 0) is 43.4 Å². The lowest BCUT2D eigenvalue weighted by Crippen LogP contribution is -2.46. The molecule has 0 spiro atoms. The van der Waals surface area contributed by atoms with Gasteiger partial charge in [0.2, 0.25) is 0 Å². The van der Waals surface area contributed by atoms with Gasteiger partial charge < -0.3 is 20.1 Å². The van der Waals surface area contributed by atoms with Gasteiger partial charge in [0.05, 0.1) is 12.2 Å². The molecular weight excluding hydrogens is 376 g/mol. The largest absolute Gasteiger partial charge is 0.508 e. The molecule has 0 aliphatic carbocycles. The molecule has 1 saturated heterocycles. The quantitative estimate of drug-likeness (QED) is 0.293. The fourth-order valence-corrected chi connectivity index (χ4v) is 4.55. The number of aliphatic hydroxyl groups is 2. The van der Waals surface area contributed by atoms with Crippen molar-refractivity contribution in [1.29, 1.82) is 0 Å². The summed E-state index contributed by atoms with van der Waals surface area (Å²) in [6.45, 7) is 2.26. The fraction of sp³-hybridized carbons (Fsp3) is 0.769. The Bertz CT molecular complexity index is 559. The first-order valence-corrected chi connectivity index (χ1v) is 12.4. The number of rotatable bonds is 15. The van der Waals surface area contributed by atoms with Gasteiger partial charge in [0.25, 0.3) is 0 Å². The van der Waals surface area contributed by atoms with Crippen LogP contribution in [0.1, 0.15) is 109 Å². The molecule has 3 N–H and O–H groups in total. The van der Waals surface area contributed by atoms with Crippen molar-refractivity contribution < 1.29 is 20.1 Å². The van der Waals surface area contributed by atoms with Crippen molar-refractivity contribution in [2.75, 3.05) is 0 Å². The van der Waals surface area contributed by atoms with Gasteiger partial charge in [-0.2, -0.15) is 0 Å². The van der Waals surface area contributed by atoms with Crippen molar-refractivity contribution in [2.24, 2.45) is 0 Å². The van der Waals surface area contributed by atoms with E-state index in [2.05, 4.69) is 6.92 Å². The number of hydrogen-bond donors (Lipinski definition) is 3. The summed E-state index contributed by atoms with van der Waals surface area (Å²) in [6, 6.07) is 7.20. The standard InChI is InChI=1S/C26H44O4/c1-2-3-4-5-6-7-8-9-10-11-12-19-26(29)21-24(28)20-25(30-26)18-15-22-13-16-23(27)17-14-22/h13-14,16-17,24-25,27-29H,2-12,15,18-21H2,1H3/t24-,25+,26-/m1/s1. The van der Waals surface area contributed by atoms with Crippen LogP contribution < -0.4 is 0 Å². The van der Waals surface area contributed by atoms with Gasteiger partial charge in [-0.3, -0.25) is 0 Å². The molecule has 1 aromatic carbocycles. The zero-order valence-corrected chi connectivity index (χ0v) is 19.0. The molecule has 1 fully saturated rings. The molecule has 4 nitrogen and oxygen atoms in total. The number of ether oxygens (including phenoxy) is 1. The molecule has 1 aliphatic heterocycles. The Balaban J connectivity index is 1.58. The van der Waals surface area contributed by atoms with Gasteiger partial charge in [0, 0.05) is 12.8 Å². The maximum Gasteiger partial charge on any atom is 0.168 e. The molecule has 2 rings (SSSR count). The first kappa shape index (κ1) is 25.2. The summed E-state index contributed by atoms with van der Waals surface area (Å²) in [4.78, 5) is 0. The van der Waals surface area contributed by atoms with Crippen molar-refractivity contribution in [3.63, 3.8) is 0 Å². The third kappa shape index (κ3) is 10.3. The first-order valence-electron chi connectivity index (χ1n) is 12.4. The minimum absolute atomic E-state index is 0.125. The molecule has 0 aromatic heterocycles. The molecule has 172 valence electrons. The van der Waals surface area contributed by atoms with Gasteiger partial charge in [0.1, 0.15) is 5.75 Å². The SMILES string of the molecule is CCCCCCCCCCCCC[C@]1(O)C[C@H](O)C[C@H](CCc2ccc(O)cc2)O1. The first-order chi connectivity index (χ1) is 14.5. The highest BCUT2D eigenvalue weighted by molar-refractivity contribution is 5.25. The highest BCUT2D eigenvalue weighted by atomic mass is 16.6. The molecule has 0 amide bonds. The second kappa shape index (κ2) is 14.1. The van der Waals surface area contributed by atoms with E-state index in [1.807, 2.05) is 12.1 Å². The highest BCUT2D eigenvalue weighted by Crippen LogP contribution is 2.33. The van der Waals surface area contributed by atoms with Gasteiger partial charge in [-0.15, -0.1) is 0 Å². The van der Waals surface area contributed by atoms with Crippen molar-refractivity contribution in [3.8, 4) is 5.75 Å². The number of phenolic OH excluding ortho intramolecular Hbond substituents is 1. The smallest absolute Gasteiger partial charge is 0.168 e. The zero-order valence-electron chi connectivity index (χ0n) is 19.0. The number of phenols is 1. The topological polar surface area (TPSA) is 69.9 Å². The normalized spacial score (nSPS) is 24.2. The maximum absolute atomic E-state index is 10.9. The molecule has 3 atom stereocenters. The van der Waals surface area contributed by atoms with E-state index in [-0.39, 0.29) is 11.9 Å². The molecule has 30 heavy (non-hydrogen) atoms. The van der Waals surface area contributed by atoms with Crippen LogP contribution in [0.3, 0.4) is 0 Å². The van der Waals surface area contributed by atoms with E-state index < -0.39 is 11.9 Å². The second-order valence-corrected chi connectivity index (χ2v) is 9.27. The highest BCUT2D eigenvalue weighted by Gasteiger charge is 2.38. The van der Waals surface area contributed by atoms with E-state index in [0.29, 0.717) is 19.3 Å². The number of benzene rings is 1. The van der Waals surface area contributed by atoms with E-state index >= 15 is 0 Å². The second-order valence-electron chi connectivity index (χ2n) is 9.27.